The summed E-state index contributed by atoms with van der Waals surface area (Å²) in [7, 11) is 0. The fourth-order valence-electron chi connectivity index (χ4n) is 5.58. The quantitative estimate of drug-likeness (QED) is 0.711. The Hall–Kier alpha value is -2.25. The molecule has 0 aromatic heterocycles. The van der Waals surface area contributed by atoms with Crippen molar-refractivity contribution in [3.8, 4) is 0 Å². The van der Waals surface area contributed by atoms with Crippen LogP contribution in [0.5, 0.6) is 0 Å². The molecule has 3 fully saturated rings. The van der Waals surface area contributed by atoms with E-state index in [0.29, 0.717) is 36.9 Å². The number of hydrogen-bond donors (Lipinski definition) is 0. The maximum absolute atomic E-state index is 13.6. The van der Waals surface area contributed by atoms with E-state index in [0.717, 1.165) is 13.1 Å². The fourth-order valence-corrected chi connectivity index (χ4v) is 5.58. The molecule has 0 N–H and O–H groups in total. The van der Waals surface area contributed by atoms with Crippen LogP contribution in [-0.2, 0) is 14.3 Å². The van der Waals surface area contributed by atoms with Gasteiger partial charge in [0.1, 0.15) is 11.4 Å². The van der Waals surface area contributed by atoms with Gasteiger partial charge in [-0.25, -0.2) is 4.39 Å². The third-order valence-corrected chi connectivity index (χ3v) is 7.19. The predicted molar refractivity (Wildman–Crippen MR) is 111 cm³/mol. The minimum absolute atomic E-state index is 0.0191. The highest BCUT2D eigenvalue weighted by molar-refractivity contribution is 6.03. The molecule has 6 nitrogen and oxygen atoms in total. The zero-order chi connectivity index (χ0) is 21.2. The number of carbonyl (C=O) groups is 2. The normalized spacial score (nSPS) is 33.1. The number of aryl methyl sites for hydroxylation is 1. The van der Waals surface area contributed by atoms with E-state index in [9.17, 15) is 14.0 Å². The lowest BCUT2D eigenvalue weighted by atomic mass is 9.76. The highest BCUT2D eigenvalue weighted by Crippen LogP contribution is 2.53. The Morgan fingerprint density at radius 2 is 1.97 bits per heavy atom. The van der Waals surface area contributed by atoms with Gasteiger partial charge in [0, 0.05) is 37.9 Å². The highest BCUT2D eigenvalue weighted by atomic mass is 19.1. The van der Waals surface area contributed by atoms with Crippen LogP contribution in [0.4, 0.5) is 10.1 Å². The predicted octanol–water partition coefficient (Wildman–Crippen LogP) is 1.97. The van der Waals surface area contributed by atoms with Gasteiger partial charge in [0.15, 0.2) is 0 Å². The smallest absolute Gasteiger partial charge is 0.234 e. The number of anilines is 1. The zero-order valence-electron chi connectivity index (χ0n) is 17.7. The van der Waals surface area contributed by atoms with Crippen molar-refractivity contribution in [2.45, 2.75) is 38.5 Å². The van der Waals surface area contributed by atoms with Gasteiger partial charge in [-0.15, -0.1) is 0 Å². The van der Waals surface area contributed by atoms with Crippen molar-refractivity contribution in [3.05, 3.63) is 41.7 Å². The van der Waals surface area contributed by atoms with E-state index >= 15 is 0 Å². The molecule has 3 saturated heterocycles. The van der Waals surface area contributed by atoms with Crippen molar-refractivity contribution in [2.75, 3.05) is 37.6 Å². The lowest BCUT2D eigenvalue weighted by molar-refractivity contribution is -0.142. The van der Waals surface area contributed by atoms with Gasteiger partial charge in [0.25, 0.3) is 0 Å². The Kier molecular flexibility index (Phi) is 4.52. The Bertz CT molecular complexity index is 924. The summed E-state index contributed by atoms with van der Waals surface area (Å²) in [5.74, 6) is -1.42. The van der Waals surface area contributed by atoms with Crippen molar-refractivity contribution in [2.24, 2.45) is 11.8 Å². The second-order valence-corrected chi connectivity index (χ2v) is 9.21. The van der Waals surface area contributed by atoms with Gasteiger partial charge in [-0.3, -0.25) is 14.5 Å². The molecule has 1 spiro atoms. The van der Waals surface area contributed by atoms with Crippen molar-refractivity contribution >= 4 is 17.5 Å². The summed E-state index contributed by atoms with van der Waals surface area (Å²) in [5.41, 5.74) is 0.621. The first-order valence-electron chi connectivity index (χ1n) is 10.8. The number of amides is 2. The fraction of sp³-hybridized carbons (Fsp3) is 0.565. The zero-order valence-corrected chi connectivity index (χ0v) is 17.7. The maximum Gasteiger partial charge on any atom is 0.234 e. The summed E-state index contributed by atoms with van der Waals surface area (Å²) >= 11 is 0. The molecule has 5 rings (SSSR count). The Morgan fingerprint density at radius 3 is 2.63 bits per heavy atom. The molecule has 4 aliphatic heterocycles. The van der Waals surface area contributed by atoms with E-state index in [4.69, 9.17) is 4.74 Å². The van der Waals surface area contributed by atoms with Crippen molar-refractivity contribution in [1.29, 1.82) is 0 Å². The minimum atomic E-state index is -0.761. The Balaban J connectivity index is 1.40. The number of nitrogens with zero attached hydrogens (tertiary/aromatic N) is 3. The maximum atomic E-state index is 13.6. The third-order valence-electron chi connectivity index (χ3n) is 7.19. The number of carbonyl (C=O) groups excluding carboxylic acids is 2. The van der Waals surface area contributed by atoms with Crippen LogP contribution in [0.1, 0.15) is 19.4 Å². The molecule has 4 atom stereocenters. The molecule has 7 heteroatoms. The van der Waals surface area contributed by atoms with Crippen LogP contribution in [0.25, 0.3) is 0 Å². The first-order chi connectivity index (χ1) is 14.3. The van der Waals surface area contributed by atoms with Crippen LogP contribution in [0.3, 0.4) is 0 Å². The summed E-state index contributed by atoms with van der Waals surface area (Å²) in [5, 5.41) is 0. The molecule has 4 heterocycles. The number of ether oxygens (including phenoxy) is 1. The van der Waals surface area contributed by atoms with Gasteiger partial charge in [-0.05, 0) is 44.5 Å². The average Bonchev–Trinajstić information content (AvgIpc) is 3.36. The molecule has 1 aromatic rings. The van der Waals surface area contributed by atoms with E-state index in [1.807, 2.05) is 17.1 Å². The molecule has 0 radical (unpaired) electrons. The topological polar surface area (TPSA) is 53.1 Å². The molecule has 2 unspecified atom stereocenters. The second kappa shape index (κ2) is 6.89. The largest absolute Gasteiger partial charge is 0.360 e. The molecule has 160 valence electrons. The average molecular weight is 413 g/mol. The summed E-state index contributed by atoms with van der Waals surface area (Å²) < 4.78 is 19.8. The van der Waals surface area contributed by atoms with Crippen LogP contribution < -0.4 is 4.90 Å². The lowest BCUT2D eigenvalue weighted by Gasteiger charge is -2.39. The molecule has 1 aromatic carbocycles. The van der Waals surface area contributed by atoms with Gasteiger partial charge in [0.2, 0.25) is 11.8 Å². The van der Waals surface area contributed by atoms with E-state index in [1.54, 1.807) is 17.9 Å². The number of hydrogen-bond acceptors (Lipinski definition) is 4. The highest BCUT2D eigenvalue weighted by Gasteiger charge is 2.67. The van der Waals surface area contributed by atoms with E-state index in [-0.39, 0.29) is 23.7 Å². The van der Waals surface area contributed by atoms with Crippen molar-refractivity contribution < 1.29 is 18.7 Å². The molecular weight excluding hydrogens is 385 g/mol. The SMILES string of the molecule is Cc1cc(F)ccc1N1C[C@@]23C=C[C@@H](O2)C(C(=O)N2CCN(C(C)C)CC2)C3C1=O. The molecule has 2 bridgehead atoms. The molecule has 0 saturated carbocycles. The molecule has 2 amide bonds. The van der Waals surface area contributed by atoms with Crippen LogP contribution in [0.15, 0.2) is 30.4 Å². The summed E-state index contributed by atoms with van der Waals surface area (Å²) in [6, 6.07) is 4.90. The molecular formula is C23H28FN3O3. The first kappa shape index (κ1) is 19.7. The number of rotatable bonds is 3. The molecule has 0 aliphatic carbocycles. The van der Waals surface area contributed by atoms with Gasteiger partial charge in [-0.2, -0.15) is 0 Å². The number of piperazine rings is 1. The van der Waals surface area contributed by atoms with E-state index in [2.05, 4.69) is 18.7 Å². The Morgan fingerprint density at radius 1 is 1.23 bits per heavy atom. The Labute approximate surface area is 176 Å². The first-order valence-corrected chi connectivity index (χ1v) is 10.8. The monoisotopic (exact) mass is 413 g/mol. The summed E-state index contributed by atoms with van der Waals surface area (Å²) in [4.78, 5) is 32.9. The van der Waals surface area contributed by atoms with E-state index < -0.39 is 17.4 Å². The number of halogens is 1. The van der Waals surface area contributed by atoms with E-state index in [1.165, 1.54) is 12.1 Å². The van der Waals surface area contributed by atoms with Crippen LogP contribution in [-0.4, -0.2) is 72.1 Å². The minimum Gasteiger partial charge on any atom is -0.360 e. The van der Waals surface area contributed by atoms with Gasteiger partial charge in [0.05, 0.1) is 24.5 Å². The van der Waals surface area contributed by atoms with Crippen molar-refractivity contribution in [3.63, 3.8) is 0 Å². The van der Waals surface area contributed by atoms with Crippen LogP contribution >= 0.6 is 0 Å². The van der Waals surface area contributed by atoms with Gasteiger partial charge in [-0.1, -0.05) is 12.2 Å². The number of benzene rings is 1. The van der Waals surface area contributed by atoms with Gasteiger partial charge < -0.3 is 14.5 Å². The van der Waals surface area contributed by atoms with Crippen LogP contribution in [0.2, 0.25) is 0 Å². The third kappa shape index (κ3) is 2.82. The summed E-state index contributed by atoms with van der Waals surface area (Å²) in [6.45, 7) is 9.54. The summed E-state index contributed by atoms with van der Waals surface area (Å²) in [6.07, 6.45) is 3.56. The van der Waals surface area contributed by atoms with Gasteiger partial charge >= 0.3 is 0 Å². The lowest BCUT2D eigenvalue weighted by Crippen LogP contribution is -2.54. The molecule has 30 heavy (non-hydrogen) atoms. The van der Waals surface area contributed by atoms with Crippen LogP contribution in [0, 0.1) is 24.6 Å². The number of fused-ring (bicyclic) bond motifs is 1. The molecule has 4 aliphatic rings. The second-order valence-electron chi connectivity index (χ2n) is 9.21. The van der Waals surface area contributed by atoms with Crippen molar-refractivity contribution in [1.82, 2.24) is 9.80 Å². The standard InChI is InChI=1S/C23H28FN3O3/c1-14(2)25-8-10-26(11-9-25)21(28)19-18-6-7-23(30-18)13-27(22(29)20(19)23)17-5-4-16(24)12-15(17)3/h4-7,12,14,18-20H,8-11,13H2,1-3H3/t18-,19?,20?,23-/m1/s1.